The largest absolute Gasteiger partial charge is 0.399 e. The molecular weight excluding hydrogens is 254 g/mol. The molecule has 5 heteroatoms. The Bertz CT molecular complexity index is 484. The fourth-order valence-electron chi connectivity index (χ4n) is 1.59. The van der Waals surface area contributed by atoms with Gasteiger partial charge in [-0.15, -0.1) is 13.2 Å². The van der Waals surface area contributed by atoms with Crippen molar-refractivity contribution < 1.29 is 9.59 Å². The number of benzene rings is 1. The van der Waals surface area contributed by atoms with Crippen molar-refractivity contribution in [3.05, 3.63) is 55.1 Å². The molecule has 3 N–H and O–H groups in total. The van der Waals surface area contributed by atoms with Crippen LogP contribution in [0.5, 0.6) is 0 Å². The Kier molecular flexibility index (Phi) is 6.03. The highest BCUT2D eigenvalue weighted by Gasteiger charge is 2.12. The molecule has 0 atom stereocenters. The van der Waals surface area contributed by atoms with Crippen LogP contribution in [0.4, 0.5) is 5.69 Å². The highest BCUT2D eigenvalue weighted by molar-refractivity contribution is 5.96. The first-order chi connectivity index (χ1) is 9.58. The second kappa shape index (κ2) is 7.78. The topological polar surface area (TPSA) is 75.4 Å². The number of carbonyl (C=O) groups is 2. The average molecular weight is 273 g/mol. The van der Waals surface area contributed by atoms with E-state index in [1.54, 1.807) is 41.3 Å². The highest BCUT2D eigenvalue weighted by atomic mass is 16.2. The van der Waals surface area contributed by atoms with Crippen LogP contribution in [0.2, 0.25) is 0 Å². The van der Waals surface area contributed by atoms with E-state index in [-0.39, 0.29) is 18.4 Å². The Morgan fingerprint density at radius 3 is 2.20 bits per heavy atom. The third-order valence-corrected chi connectivity index (χ3v) is 2.62. The summed E-state index contributed by atoms with van der Waals surface area (Å²) >= 11 is 0. The van der Waals surface area contributed by atoms with Gasteiger partial charge in [-0.2, -0.15) is 0 Å². The van der Waals surface area contributed by atoms with Crippen molar-refractivity contribution in [2.75, 3.05) is 25.4 Å². The second-order valence-electron chi connectivity index (χ2n) is 4.18. The molecule has 2 amide bonds. The van der Waals surface area contributed by atoms with Gasteiger partial charge in [-0.05, 0) is 24.3 Å². The molecule has 20 heavy (non-hydrogen) atoms. The number of nitrogens with one attached hydrogen (secondary N) is 1. The molecule has 0 spiro atoms. The molecular formula is C15H19N3O2. The minimum Gasteiger partial charge on any atom is -0.399 e. The van der Waals surface area contributed by atoms with E-state index >= 15 is 0 Å². The molecule has 0 bridgehead atoms. The molecule has 0 heterocycles. The smallest absolute Gasteiger partial charge is 0.251 e. The number of nitrogen functional groups attached to an aromatic ring is 1. The van der Waals surface area contributed by atoms with Crippen molar-refractivity contribution >= 4 is 17.5 Å². The molecule has 0 radical (unpaired) electrons. The van der Waals surface area contributed by atoms with E-state index in [1.165, 1.54) is 0 Å². The lowest BCUT2D eigenvalue weighted by molar-refractivity contribution is -0.129. The minimum absolute atomic E-state index is 0.0646. The minimum atomic E-state index is -0.310. The molecule has 106 valence electrons. The third-order valence-electron chi connectivity index (χ3n) is 2.62. The Balaban J connectivity index is 2.54. The van der Waals surface area contributed by atoms with Crippen LogP contribution in [-0.4, -0.2) is 36.3 Å². The van der Waals surface area contributed by atoms with Gasteiger partial charge in [0.1, 0.15) is 0 Å². The number of rotatable bonds is 7. The Morgan fingerprint density at radius 2 is 1.70 bits per heavy atom. The molecule has 1 rings (SSSR count). The molecule has 5 nitrogen and oxygen atoms in total. The van der Waals surface area contributed by atoms with Crippen LogP contribution >= 0.6 is 0 Å². The lowest BCUT2D eigenvalue weighted by Gasteiger charge is -2.19. The molecule has 0 aliphatic heterocycles. The van der Waals surface area contributed by atoms with E-state index in [0.717, 1.165) is 0 Å². The number of nitrogens with two attached hydrogens (primary N) is 1. The second-order valence-corrected chi connectivity index (χ2v) is 4.18. The standard InChI is InChI=1S/C15H19N3O2/c1-3-9-18(10-4-2)14(19)11-17-15(20)12-5-7-13(16)8-6-12/h3-8H,1-2,9-11,16H2,(H,17,20). The van der Waals surface area contributed by atoms with E-state index in [0.29, 0.717) is 24.3 Å². The zero-order valence-electron chi connectivity index (χ0n) is 11.3. The Morgan fingerprint density at radius 1 is 1.15 bits per heavy atom. The predicted molar refractivity (Wildman–Crippen MR) is 80.2 cm³/mol. The monoisotopic (exact) mass is 273 g/mol. The number of carbonyl (C=O) groups excluding carboxylic acids is 2. The quantitative estimate of drug-likeness (QED) is 0.579. The molecule has 0 saturated heterocycles. The first kappa shape index (κ1) is 15.5. The number of nitrogens with zero attached hydrogens (tertiary/aromatic N) is 1. The van der Waals surface area contributed by atoms with Gasteiger partial charge in [-0.3, -0.25) is 9.59 Å². The van der Waals surface area contributed by atoms with Crippen molar-refractivity contribution in [3.63, 3.8) is 0 Å². The van der Waals surface area contributed by atoms with Gasteiger partial charge in [0.05, 0.1) is 6.54 Å². The maximum Gasteiger partial charge on any atom is 0.251 e. The molecule has 0 aliphatic carbocycles. The van der Waals surface area contributed by atoms with Crippen LogP contribution < -0.4 is 11.1 Å². The van der Waals surface area contributed by atoms with Crippen LogP contribution in [-0.2, 0) is 4.79 Å². The summed E-state index contributed by atoms with van der Waals surface area (Å²) in [6.07, 6.45) is 3.26. The molecule has 0 unspecified atom stereocenters. The SMILES string of the molecule is C=CCN(CC=C)C(=O)CNC(=O)c1ccc(N)cc1. The van der Waals surface area contributed by atoms with Gasteiger partial charge < -0.3 is 16.0 Å². The van der Waals surface area contributed by atoms with Crippen LogP contribution in [0.3, 0.4) is 0 Å². The number of hydrogen-bond donors (Lipinski definition) is 2. The van der Waals surface area contributed by atoms with E-state index in [2.05, 4.69) is 18.5 Å². The van der Waals surface area contributed by atoms with E-state index in [1.807, 2.05) is 0 Å². The maximum atomic E-state index is 11.9. The average Bonchev–Trinajstić information content (AvgIpc) is 2.45. The normalized spacial score (nSPS) is 9.60. The van der Waals surface area contributed by atoms with Crippen LogP contribution in [0, 0.1) is 0 Å². The van der Waals surface area contributed by atoms with Gasteiger partial charge in [0.2, 0.25) is 5.91 Å². The van der Waals surface area contributed by atoms with E-state index < -0.39 is 0 Å². The van der Waals surface area contributed by atoms with Gasteiger partial charge in [-0.25, -0.2) is 0 Å². The molecule has 1 aromatic rings. The summed E-state index contributed by atoms with van der Waals surface area (Å²) in [6.45, 7) is 7.95. The van der Waals surface area contributed by atoms with Crippen molar-refractivity contribution in [1.82, 2.24) is 10.2 Å². The summed E-state index contributed by atoms with van der Waals surface area (Å²) < 4.78 is 0. The number of hydrogen-bond acceptors (Lipinski definition) is 3. The van der Waals surface area contributed by atoms with E-state index in [4.69, 9.17) is 5.73 Å². The third kappa shape index (κ3) is 4.61. The fraction of sp³-hybridized carbons (Fsp3) is 0.200. The van der Waals surface area contributed by atoms with Crippen LogP contribution in [0.25, 0.3) is 0 Å². The van der Waals surface area contributed by atoms with Crippen molar-refractivity contribution in [1.29, 1.82) is 0 Å². The van der Waals surface area contributed by atoms with E-state index in [9.17, 15) is 9.59 Å². The van der Waals surface area contributed by atoms with Crippen molar-refractivity contribution in [2.24, 2.45) is 0 Å². The van der Waals surface area contributed by atoms with Gasteiger partial charge in [0.25, 0.3) is 5.91 Å². The first-order valence-electron chi connectivity index (χ1n) is 6.21. The fourth-order valence-corrected chi connectivity index (χ4v) is 1.59. The zero-order chi connectivity index (χ0) is 15.0. The molecule has 1 aromatic carbocycles. The summed E-state index contributed by atoms with van der Waals surface area (Å²) in [7, 11) is 0. The van der Waals surface area contributed by atoms with Crippen LogP contribution in [0.1, 0.15) is 10.4 Å². The predicted octanol–water partition coefficient (Wildman–Crippen LogP) is 1.20. The molecule has 0 aromatic heterocycles. The lowest BCUT2D eigenvalue weighted by atomic mass is 10.2. The summed E-state index contributed by atoms with van der Waals surface area (Å²) in [6, 6.07) is 6.50. The lowest BCUT2D eigenvalue weighted by Crippen LogP contribution is -2.40. The molecule has 0 aliphatic rings. The van der Waals surface area contributed by atoms with Crippen LogP contribution in [0.15, 0.2) is 49.6 Å². The highest BCUT2D eigenvalue weighted by Crippen LogP contribution is 2.05. The maximum absolute atomic E-state index is 11.9. The van der Waals surface area contributed by atoms with Crippen molar-refractivity contribution in [3.8, 4) is 0 Å². The van der Waals surface area contributed by atoms with Gasteiger partial charge >= 0.3 is 0 Å². The van der Waals surface area contributed by atoms with Gasteiger partial charge in [0.15, 0.2) is 0 Å². The number of amides is 2. The summed E-state index contributed by atoms with van der Waals surface area (Å²) in [5, 5.41) is 2.58. The Hall–Kier alpha value is -2.56. The molecule has 0 saturated carbocycles. The van der Waals surface area contributed by atoms with Gasteiger partial charge in [0, 0.05) is 24.3 Å². The molecule has 0 fully saturated rings. The zero-order valence-corrected chi connectivity index (χ0v) is 11.3. The summed E-state index contributed by atoms with van der Waals surface area (Å²) in [5.41, 5.74) is 6.59. The van der Waals surface area contributed by atoms with Gasteiger partial charge in [-0.1, -0.05) is 12.2 Å². The summed E-state index contributed by atoms with van der Waals surface area (Å²) in [5.74, 6) is -0.496. The number of anilines is 1. The summed E-state index contributed by atoms with van der Waals surface area (Å²) in [4.78, 5) is 25.3. The van der Waals surface area contributed by atoms with Crippen molar-refractivity contribution in [2.45, 2.75) is 0 Å². The first-order valence-corrected chi connectivity index (χ1v) is 6.21. The Labute approximate surface area is 118 Å².